The van der Waals surface area contributed by atoms with Crippen LogP contribution in [0, 0.1) is 5.82 Å². The molecule has 2 aliphatic heterocycles. The zero-order chi connectivity index (χ0) is 29.9. The van der Waals surface area contributed by atoms with E-state index in [0.29, 0.717) is 46.4 Å². The molecule has 11 heteroatoms. The van der Waals surface area contributed by atoms with Gasteiger partial charge in [0.05, 0.1) is 44.5 Å². The number of fused-ring (bicyclic) bond motifs is 1. The molecule has 1 atom stereocenters. The van der Waals surface area contributed by atoms with Crippen LogP contribution in [0.2, 0.25) is 5.02 Å². The van der Waals surface area contributed by atoms with E-state index in [9.17, 15) is 9.18 Å². The molecule has 2 aliphatic rings. The van der Waals surface area contributed by atoms with Crippen molar-refractivity contribution >= 4 is 28.6 Å². The highest BCUT2D eigenvalue weighted by molar-refractivity contribution is 6.30. The third kappa shape index (κ3) is 6.32. The molecule has 2 fully saturated rings. The van der Waals surface area contributed by atoms with Crippen molar-refractivity contribution in [2.24, 2.45) is 0 Å². The van der Waals surface area contributed by atoms with Gasteiger partial charge in [0.25, 0.3) is 0 Å². The highest BCUT2D eigenvalue weighted by Gasteiger charge is 2.28. The van der Waals surface area contributed by atoms with E-state index in [-0.39, 0.29) is 18.6 Å². The fourth-order valence-electron chi connectivity index (χ4n) is 5.81. The second-order valence-electron chi connectivity index (χ2n) is 10.9. The number of likely N-dealkylation sites (tertiary alicyclic amines) is 1. The minimum atomic E-state index is -0.423. The second-order valence-corrected chi connectivity index (χ2v) is 11.4. The fourth-order valence-corrected chi connectivity index (χ4v) is 5.97. The number of pyridine rings is 1. The van der Waals surface area contributed by atoms with Crippen LogP contribution in [0.25, 0.3) is 11.0 Å². The largest absolute Gasteiger partial charge is 0.494 e. The van der Waals surface area contributed by atoms with Crippen molar-refractivity contribution in [2.75, 3.05) is 33.9 Å². The molecule has 2 aromatic carbocycles. The fraction of sp³-hybridized carbons (Fsp3) is 0.406. The van der Waals surface area contributed by atoms with Gasteiger partial charge >= 0.3 is 5.97 Å². The van der Waals surface area contributed by atoms with Crippen LogP contribution < -0.4 is 9.47 Å². The maximum absolute atomic E-state index is 14.3. The van der Waals surface area contributed by atoms with Gasteiger partial charge in [0, 0.05) is 29.0 Å². The van der Waals surface area contributed by atoms with Gasteiger partial charge in [0.2, 0.25) is 5.88 Å². The molecule has 6 rings (SSSR count). The number of imidazole rings is 1. The van der Waals surface area contributed by atoms with E-state index in [1.165, 1.54) is 13.2 Å². The van der Waals surface area contributed by atoms with Crippen molar-refractivity contribution in [1.29, 1.82) is 0 Å². The number of halogens is 2. The molecule has 0 N–H and O–H groups in total. The van der Waals surface area contributed by atoms with Crippen molar-refractivity contribution in [1.82, 2.24) is 19.4 Å². The first-order valence-electron chi connectivity index (χ1n) is 14.4. The van der Waals surface area contributed by atoms with Gasteiger partial charge in [-0.15, -0.1) is 0 Å². The molecule has 0 radical (unpaired) electrons. The quantitative estimate of drug-likeness (QED) is 0.210. The molecule has 43 heavy (non-hydrogen) atoms. The van der Waals surface area contributed by atoms with Crippen LogP contribution in [0.5, 0.6) is 11.6 Å². The molecule has 0 bridgehead atoms. The Morgan fingerprint density at radius 2 is 1.95 bits per heavy atom. The van der Waals surface area contributed by atoms with Crippen molar-refractivity contribution in [3.63, 3.8) is 0 Å². The monoisotopic (exact) mass is 608 g/mol. The van der Waals surface area contributed by atoms with E-state index < -0.39 is 11.8 Å². The highest BCUT2D eigenvalue weighted by atomic mass is 35.5. The first-order valence-corrected chi connectivity index (χ1v) is 14.8. The number of carbonyl (C=O) groups is 1. The molecule has 0 saturated carbocycles. The summed E-state index contributed by atoms with van der Waals surface area (Å²) in [6.07, 6.45) is 4.62. The molecule has 2 aromatic heterocycles. The molecule has 0 amide bonds. The maximum atomic E-state index is 14.3. The Morgan fingerprint density at radius 3 is 2.65 bits per heavy atom. The lowest BCUT2D eigenvalue weighted by Crippen LogP contribution is -2.35. The molecule has 0 aliphatic carbocycles. The van der Waals surface area contributed by atoms with Gasteiger partial charge in [-0.25, -0.2) is 19.2 Å². The van der Waals surface area contributed by atoms with Crippen LogP contribution >= 0.6 is 11.6 Å². The van der Waals surface area contributed by atoms with Crippen molar-refractivity contribution in [3.05, 3.63) is 82.0 Å². The summed E-state index contributed by atoms with van der Waals surface area (Å²) in [6, 6.07) is 12.0. The summed E-state index contributed by atoms with van der Waals surface area (Å²) < 4.78 is 38.8. The molecule has 226 valence electrons. The topological polar surface area (TPSA) is 87.9 Å². The summed E-state index contributed by atoms with van der Waals surface area (Å²) in [6.45, 7) is 3.86. The summed E-state index contributed by atoms with van der Waals surface area (Å²) in [4.78, 5) is 24.2. The molecular weight excluding hydrogens is 575 g/mol. The van der Waals surface area contributed by atoms with E-state index in [4.69, 9.17) is 35.5 Å². The van der Waals surface area contributed by atoms with Crippen LogP contribution in [0.1, 0.15) is 52.5 Å². The number of ether oxygens (including phenoxy) is 4. The average Bonchev–Trinajstić information content (AvgIpc) is 3.34. The third-order valence-corrected chi connectivity index (χ3v) is 8.53. The Balaban J connectivity index is 1.18. The number of rotatable bonds is 10. The van der Waals surface area contributed by atoms with E-state index >= 15 is 0 Å². The van der Waals surface area contributed by atoms with Gasteiger partial charge in [-0.05, 0) is 68.6 Å². The zero-order valence-corrected chi connectivity index (χ0v) is 25.0. The smallest absolute Gasteiger partial charge is 0.338 e. The standard InChI is InChI=1S/C32H34ClFN4O5/c1-40-28-15-22(32(39)41-2)14-27-30(28)36-29(38(27)17-24-9-13-42-24)18-37-11-7-20(8-12-37)25-4-3-10-35-31(25)43-19-21-5-6-23(33)16-26(21)34/h3-6,10,14-16,20,24H,7-9,11-13,17-19H2,1-2H3. The lowest BCUT2D eigenvalue weighted by atomic mass is 9.90. The number of nitrogens with zero attached hydrogens (tertiary/aromatic N) is 4. The van der Waals surface area contributed by atoms with E-state index in [2.05, 4.69) is 14.5 Å². The summed E-state index contributed by atoms with van der Waals surface area (Å²) in [5, 5.41) is 0.351. The number of methoxy groups -OCH3 is 2. The SMILES string of the molecule is COC(=O)c1cc(OC)c2nc(CN3CCC(c4cccnc4OCc4ccc(Cl)cc4F)CC3)n(CC3CCO3)c2c1. The van der Waals surface area contributed by atoms with Crippen molar-refractivity contribution in [3.8, 4) is 11.6 Å². The predicted octanol–water partition coefficient (Wildman–Crippen LogP) is 5.77. The van der Waals surface area contributed by atoms with Crippen molar-refractivity contribution < 1.29 is 28.1 Å². The number of benzene rings is 2. The molecular formula is C32H34ClFN4O5. The number of piperidine rings is 1. The summed E-state index contributed by atoms with van der Waals surface area (Å²) in [7, 11) is 2.95. The molecule has 2 saturated heterocycles. The lowest BCUT2D eigenvalue weighted by Gasteiger charge is -2.33. The number of hydrogen-bond donors (Lipinski definition) is 0. The summed E-state index contributed by atoms with van der Waals surface area (Å²) >= 11 is 5.89. The number of esters is 1. The van der Waals surface area contributed by atoms with Gasteiger partial charge in [0.1, 0.15) is 29.5 Å². The summed E-state index contributed by atoms with van der Waals surface area (Å²) in [5.41, 5.74) is 3.43. The van der Waals surface area contributed by atoms with Crippen LogP contribution in [0.3, 0.4) is 0 Å². The number of carbonyl (C=O) groups excluding carboxylic acids is 1. The van der Waals surface area contributed by atoms with Crippen LogP contribution in [-0.4, -0.2) is 65.4 Å². The van der Waals surface area contributed by atoms with Gasteiger partial charge in [-0.3, -0.25) is 4.90 Å². The van der Waals surface area contributed by atoms with E-state index in [1.54, 1.807) is 31.5 Å². The van der Waals surface area contributed by atoms with Gasteiger partial charge in [-0.2, -0.15) is 0 Å². The minimum Gasteiger partial charge on any atom is -0.494 e. The first-order chi connectivity index (χ1) is 20.9. The Bertz CT molecular complexity index is 1620. The Kier molecular flexibility index (Phi) is 8.78. The van der Waals surface area contributed by atoms with Crippen LogP contribution in [0.4, 0.5) is 4.39 Å². The number of hydrogen-bond acceptors (Lipinski definition) is 8. The van der Waals surface area contributed by atoms with Crippen molar-refractivity contribution in [2.45, 2.75) is 51.0 Å². The highest BCUT2D eigenvalue weighted by Crippen LogP contribution is 2.35. The second kappa shape index (κ2) is 12.9. The average molecular weight is 609 g/mol. The lowest BCUT2D eigenvalue weighted by molar-refractivity contribution is -0.0592. The molecule has 9 nitrogen and oxygen atoms in total. The van der Waals surface area contributed by atoms with Gasteiger partial charge in [0.15, 0.2) is 0 Å². The predicted molar refractivity (Wildman–Crippen MR) is 159 cm³/mol. The third-order valence-electron chi connectivity index (χ3n) is 8.29. The molecule has 0 spiro atoms. The van der Waals surface area contributed by atoms with Gasteiger partial charge < -0.3 is 23.5 Å². The number of aromatic nitrogens is 3. The molecule has 1 unspecified atom stereocenters. The normalized spacial score (nSPS) is 17.5. The minimum absolute atomic E-state index is 0.0773. The first kappa shape index (κ1) is 29.3. The van der Waals surface area contributed by atoms with Gasteiger partial charge in [-0.1, -0.05) is 23.7 Å². The zero-order valence-electron chi connectivity index (χ0n) is 24.2. The molecule has 4 heterocycles. The Hall–Kier alpha value is -3.73. The van der Waals surface area contributed by atoms with E-state index in [0.717, 1.165) is 55.9 Å². The Labute approximate surface area is 254 Å². The van der Waals surface area contributed by atoms with Crippen LogP contribution in [0.15, 0.2) is 48.7 Å². The molecule has 4 aromatic rings. The maximum Gasteiger partial charge on any atom is 0.338 e. The summed E-state index contributed by atoms with van der Waals surface area (Å²) in [5.74, 6) is 1.42. The van der Waals surface area contributed by atoms with Crippen LogP contribution in [-0.2, 0) is 29.2 Å². The van der Waals surface area contributed by atoms with E-state index in [1.807, 2.05) is 18.2 Å². The Morgan fingerprint density at radius 1 is 1.14 bits per heavy atom.